The van der Waals surface area contributed by atoms with E-state index >= 15 is 0 Å². The summed E-state index contributed by atoms with van der Waals surface area (Å²) in [4.78, 5) is 18.8. The third-order valence-corrected chi connectivity index (χ3v) is 6.96. The second-order valence-electron chi connectivity index (χ2n) is 8.75. The number of ether oxygens (including phenoxy) is 1. The summed E-state index contributed by atoms with van der Waals surface area (Å²) in [5.74, 6) is 6.70. The van der Waals surface area contributed by atoms with Gasteiger partial charge in [-0.3, -0.25) is 9.48 Å². The Morgan fingerprint density at radius 3 is 2.87 bits per heavy atom. The Morgan fingerprint density at radius 2 is 2.13 bits per heavy atom. The zero-order valence-corrected chi connectivity index (χ0v) is 18.2. The fraction of sp³-hybridized carbons (Fsp3) is 0.478. The molecular weight excluding hydrogens is 392 g/mol. The Kier molecular flexibility index (Phi) is 4.50. The molecule has 0 radical (unpaired) electrons. The molecule has 8 heteroatoms. The Hall–Kier alpha value is -3.34. The van der Waals surface area contributed by atoms with Crippen LogP contribution in [0.1, 0.15) is 33.1 Å². The van der Waals surface area contributed by atoms with Gasteiger partial charge in [0.05, 0.1) is 24.3 Å². The molecule has 0 N–H and O–H groups in total. The van der Waals surface area contributed by atoms with Crippen LogP contribution in [0, 0.1) is 23.7 Å². The van der Waals surface area contributed by atoms with Gasteiger partial charge in [-0.15, -0.1) is 0 Å². The summed E-state index contributed by atoms with van der Waals surface area (Å²) in [5, 5.41) is 8.65. The summed E-state index contributed by atoms with van der Waals surface area (Å²) >= 11 is 0. The molecule has 2 aliphatic rings. The molecule has 0 aromatic carbocycles. The van der Waals surface area contributed by atoms with Crippen molar-refractivity contribution in [2.75, 3.05) is 7.05 Å². The Bertz CT molecular complexity index is 1220. The lowest BCUT2D eigenvalue weighted by Crippen LogP contribution is -2.38. The highest BCUT2D eigenvalue weighted by atomic mass is 16.5. The summed E-state index contributed by atoms with van der Waals surface area (Å²) in [6.45, 7) is 3.86. The maximum atomic E-state index is 12.2. The summed E-state index contributed by atoms with van der Waals surface area (Å²) in [6, 6.07) is 2.12. The summed E-state index contributed by atoms with van der Waals surface area (Å²) in [7, 11) is 3.74. The molecule has 2 aliphatic carbocycles. The molecule has 5 rings (SSSR count). The molecule has 0 bridgehead atoms. The van der Waals surface area contributed by atoms with Gasteiger partial charge in [-0.1, -0.05) is 5.92 Å². The average Bonchev–Trinajstić information content (AvgIpc) is 3.15. The van der Waals surface area contributed by atoms with Crippen LogP contribution in [-0.4, -0.2) is 53.9 Å². The van der Waals surface area contributed by atoms with Gasteiger partial charge in [-0.05, 0) is 45.1 Å². The van der Waals surface area contributed by atoms with Crippen LogP contribution in [0.5, 0.6) is 5.88 Å². The molecule has 31 heavy (non-hydrogen) atoms. The van der Waals surface area contributed by atoms with Gasteiger partial charge in [0.2, 0.25) is 5.88 Å². The first-order valence-corrected chi connectivity index (χ1v) is 10.6. The third-order valence-electron chi connectivity index (χ3n) is 6.96. The molecule has 8 nitrogen and oxygen atoms in total. The zero-order valence-electron chi connectivity index (χ0n) is 18.2. The van der Waals surface area contributed by atoms with E-state index in [-0.39, 0.29) is 17.6 Å². The van der Waals surface area contributed by atoms with Gasteiger partial charge in [-0.2, -0.15) is 10.2 Å². The SMILES string of the molecule is CC#CC(=O)N(C)[C@@H]1CC[C@H]2[C@@H](C1)[C@]2(C)Oc1nc(-c2cnn(C)c2)cn2nccc12. The van der Waals surface area contributed by atoms with Crippen molar-refractivity contribution in [3.63, 3.8) is 0 Å². The maximum Gasteiger partial charge on any atom is 0.298 e. The van der Waals surface area contributed by atoms with Gasteiger partial charge in [0.25, 0.3) is 5.91 Å². The smallest absolute Gasteiger partial charge is 0.298 e. The van der Waals surface area contributed by atoms with Crippen LogP contribution in [0.2, 0.25) is 0 Å². The first-order chi connectivity index (χ1) is 14.9. The maximum absolute atomic E-state index is 12.2. The van der Waals surface area contributed by atoms with E-state index in [1.165, 1.54) is 0 Å². The van der Waals surface area contributed by atoms with E-state index in [0.29, 0.717) is 17.7 Å². The van der Waals surface area contributed by atoms with E-state index in [1.54, 1.807) is 33.4 Å². The van der Waals surface area contributed by atoms with Gasteiger partial charge in [0, 0.05) is 43.7 Å². The predicted octanol–water partition coefficient (Wildman–Crippen LogP) is 2.55. The Balaban J connectivity index is 1.40. The first-order valence-electron chi connectivity index (χ1n) is 10.6. The van der Waals surface area contributed by atoms with Gasteiger partial charge >= 0.3 is 0 Å². The standard InChI is InChI=1S/C23H26N6O2/c1-5-6-21(30)28(4)16-7-8-17-18(11-16)23(17,2)31-22-20-9-10-24-29(20)14-19(26-22)15-12-25-27(3)13-15/h9-10,12-14,16-18H,7-8,11H2,1-4H3/t16-,17+,18-,23-/m1/s1. The van der Waals surface area contributed by atoms with Crippen molar-refractivity contribution in [2.45, 2.75) is 44.8 Å². The number of nitrogens with zero attached hydrogens (tertiary/aromatic N) is 6. The van der Waals surface area contributed by atoms with E-state index in [4.69, 9.17) is 9.72 Å². The zero-order chi connectivity index (χ0) is 21.8. The molecule has 2 fully saturated rings. The number of fused-ring (bicyclic) bond motifs is 2. The second-order valence-corrected chi connectivity index (χ2v) is 8.75. The molecule has 3 aromatic rings. The van der Waals surface area contributed by atoms with Crippen LogP contribution < -0.4 is 4.74 Å². The lowest BCUT2D eigenvalue weighted by atomic mass is 9.94. The molecular formula is C23H26N6O2. The van der Waals surface area contributed by atoms with Crippen molar-refractivity contribution < 1.29 is 9.53 Å². The Morgan fingerprint density at radius 1 is 1.29 bits per heavy atom. The van der Waals surface area contributed by atoms with Gasteiger partial charge in [0.1, 0.15) is 11.1 Å². The highest BCUT2D eigenvalue weighted by Crippen LogP contribution is 2.61. The molecule has 4 atom stereocenters. The number of carbonyl (C=O) groups excluding carboxylic acids is 1. The molecule has 3 aromatic heterocycles. The number of hydrogen-bond acceptors (Lipinski definition) is 5. The first kappa shape index (κ1) is 19.6. The number of aryl methyl sites for hydroxylation is 1. The minimum Gasteiger partial charge on any atom is -0.469 e. The molecule has 0 spiro atoms. The molecule has 0 aliphatic heterocycles. The monoisotopic (exact) mass is 418 g/mol. The quantitative estimate of drug-likeness (QED) is 0.609. The van der Waals surface area contributed by atoms with Crippen molar-refractivity contribution in [1.29, 1.82) is 0 Å². The largest absolute Gasteiger partial charge is 0.469 e. The molecule has 0 unspecified atom stereocenters. The lowest BCUT2D eigenvalue weighted by molar-refractivity contribution is -0.126. The molecule has 160 valence electrons. The number of hydrogen-bond donors (Lipinski definition) is 0. The summed E-state index contributed by atoms with van der Waals surface area (Å²) in [6.07, 6.45) is 10.3. The highest BCUT2D eigenvalue weighted by Gasteiger charge is 2.66. The Labute approximate surface area is 181 Å². The molecule has 1 amide bonds. The van der Waals surface area contributed by atoms with Crippen LogP contribution in [0.3, 0.4) is 0 Å². The summed E-state index contributed by atoms with van der Waals surface area (Å²) < 4.78 is 10.2. The number of amides is 1. The van der Waals surface area contributed by atoms with E-state index in [2.05, 4.69) is 29.0 Å². The van der Waals surface area contributed by atoms with Crippen molar-refractivity contribution in [3.8, 4) is 29.0 Å². The number of rotatable bonds is 4. The van der Waals surface area contributed by atoms with Gasteiger partial charge < -0.3 is 9.64 Å². The fourth-order valence-electron chi connectivity index (χ4n) is 5.08. The van der Waals surface area contributed by atoms with Gasteiger partial charge in [0.15, 0.2) is 0 Å². The van der Waals surface area contributed by atoms with E-state index in [0.717, 1.165) is 36.0 Å². The minimum absolute atomic E-state index is 0.110. The fourth-order valence-corrected chi connectivity index (χ4v) is 5.08. The molecule has 3 heterocycles. The van der Waals surface area contributed by atoms with Crippen LogP contribution >= 0.6 is 0 Å². The number of aromatic nitrogens is 5. The van der Waals surface area contributed by atoms with E-state index in [9.17, 15) is 4.79 Å². The van der Waals surface area contributed by atoms with Crippen LogP contribution in [-0.2, 0) is 11.8 Å². The normalized spacial score (nSPS) is 26.6. The minimum atomic E-state index is -0.291. The van der Waals surface area contributed by atoms with E-state index in [1.807, 2.05) is 32.6 Å². The van der Waals surface area contributed by atoms with Crippen LogP contribution in [0.25, 0.3) is 16.8 Å². The van der Waals surface area contributed by atoms with Crippen molar-refractivity contribution in [2.24, 2.45) is 18.9 Å². The average molecular weight is 419 g/mol. The highest BCUT2D eigenvalue weighted by molar-refractivity contribution is 5.93. The third kappa shape index (κ3) is 3.25. The number of carbonyl (C=O) groups is 1. The predicted molar refractivity (Wildman–Crippen MR) is 115 cm³/mol. The van der Waals surface area contributed by atoms with Crippen molar-refractivity contribution >= 4 is 11.4 Å². The van der Waals surface area contributed by atoms with Gasteiger partial charge in [-0.25, -0.2) is 9.50 Å². The molecule has 0 saturated heterocycles. The topological polar surface area (TPSA) is 77.6 Å². The van der Waals surface area contributed by atoms with Crippen molar-refractivity contribution in [3.05, 3.63) is 30.9 Å². The lowest BCUT2D eigenvalue weighted by Gasteiger charge is -2.29. The summed E-state index contributed by atoms with van der Waals surface area (Å²) in [5.41, 5.74) is 2.24. The molecule has 2 saturated carbocycles. The van der Waals surface area contributed by atoms with E-state index < -0.39 is 0 Å². The van der Waals surface area contributed by atoms with Crippen LogP contribution in [0.15, 0.2) is 30.9 Å². The second kappa shape index (κ2) is 7.12. The van der Waals surface area contributed by atoms with Crippen LogP contribution in [0.4, 0.5) is 0 Å². The van der Waals surface area contributed by atoms with Crippen molar-refractivity contribution in [1.82, 2.24) is 29.3 Å².